The Bertz CT molecular complexity index is 1700. The van der Waals surface area contributed by atoms with Crippen LogP contribution in [0.5, 0.6) is 11.5 Å². The lowest BCUT2D eigenvalue weighted by Gasteiger charge is -2.30. The molecule has 234 valence electrons. The van der Waals surface area contributed by atoms with Crippen molar-refractivity contribution in [3.8, 4) is 11.5 Å². The summed E-state index contributed by atoms with van der Waals surface area (Å²) in [4.78, 5) is 36.4. The van der Waals surface area contributed by atoms with Crippen LogP contribution in [0, 0.1) is 15.9 Å². The van der Waals surface area contributed by atoms with Crippen molar-refractivity contribution in [2.75, 3.05) is 13.2 Å². The van der Waals surface area contributed by atoms with Gasteiger partial charge in [0.15, 0.2) is 11.7 Å². The number of nitrogens with zero attached hydrogens (tertiary/aromatic N) is 2. The monoisotopic (exact) mass is 699 g/mol. The molecule has 1 atom stereocenters. The summed E-state index contributed by atoms with van der Waals surface area (Å²) in [5, 5.41) is 21.9. The summed E-state index contributed by atoms with van der Waals surface area (Å²) < 4.78 is 30.7. The van der Waals surface area contributed by atoms with Crippen LogP contribution in [-0.2, 0) is 20.9 Å². The molecule has 15 heteroatoms. The second-order valence-electron chi connectivity index (χ2n) is 9.40. The van der Waals surface area contributed by atoms with Gasteiger partial charge < -0.3 is 24.8 Å². The number of hydrogen-bond donors (Lipinski definition) is 3. The van der Waals surface area contributed by atoms with Crippen LogP contribution in [0.4, 0.5) is 10.1 Å². The second kappa shape index (κ2) is 15.2. The Morgan fingerprint density at radius 2 is 1.91 bits per heavy atom. The molecular weight excluding hydrogens is 673 g/mol. The fourth-order valence-corrected chi connectivity index (χ4v) is 5.18. The maximum Gasteiger partial charge on any atom is 0.338 e. The molecule has 3 aromatic carbocycles. The molecule has 1 heterocycles. The highest BCUT2D eigenvalue weighted by Crippen LogP contribution is 2.37. The lowest BCUT2D eigenvalue weighted by Crippen LogP contribution is -2.45. The predicted molar refractivity (Wildman–Crippen MR) is 170 cm³/mol. The van der Waals surface area contributed by atoms with Gasteiger partial charge in [-0.2, -0.15) is 5.10 Å². The molecule has 12 nitrogen and oxygen atoms in total. The van der Waals surface area contributed by atoms with Gasteiger partial charge in [0.1, 0.15) is 18.2 Å². The number of esters is 1. The molecule has 0 aromatic heterocycles. The molecule has 4 rings (SSSR count). The fourth-order valence-electron chi connectivity index (χ4n) is 4.33. The second-order valence-corrected chi connectivity index (χ2v) is 10.7. The van der Waals surface area contributed by atoms with Gasteiger partial charge in [-0.15, -0.1) is 0 Å². The zero-order valence-electron chi connectivity index (χ0n) is 24.0. The van der Waals surface area contributed by atoms with E-state index in [0.717, 1.165) is 0 Å². The Hall–Kier alpha value is -4.89. The number of nitrogens with one attached hydrogen (secondary N) is 3. The van der Waals surface area contributed by atoms with Crippen molar-refractivity contribution in [1.29, 1.82) is 0 Å². The number of benzene rings is 3. The van der Waals surface area contributed by atoms with E-state index in [2.05, 4.69) is 37.1 Å². The van der Waals surface area contributed by atoms with Crippen LogP contribution in [0.3, 0.4) is 0 Å². The summed E-state index contributed by atoms with van der Waals surface area (Å²) in [6.07, 6.45) is 1.21. The first-order chi connectivity index (χ1) is 21.6. The van der Waals surface area contributed by atoms with Gasteiger partial charge in [-0.05, 0) is 60.2 Å². The number of thiocarbonyl (C=S) groups is 1. The number of rotatable bonds is 12. The SMILES string of the molecule is CCOC(=O)C1=C(C)NC(=S)N[C@@H]1c1ccccc1OCC(=O)NN=Cc1cc(Br)c(OCc2ccccc2F)c([N+](=O)[O-])c1. The van der Waals surface area contributed by atoms with E-state index in [4.69, 9.17) is 26.4 Å². The number of nitro benzene ring substituents is 1. The fraction of sp³-hybridized carbons (Fsp3) is 0.200. The molecule has 0 unspecified atom stereocenters. The third-order valence-electron chi connectivity index (χ3n) is 6.33. The molecule has 0 aliphatic carbocycles. The maximum absolute atomic E-state index is 14.0. The summed E-state index contributed by atoms with van der Waals surface area (Å²) >= 11 is 8.54. The van der Waals surface area contributed by atoms with Gasteiger partial charge >= 0.3 is 11.7 Å². The molecule has 0 bridgehead atoms. The summed E-state index contributed by atoms with van der Waals surface area (Å²) in [6, 6.07) is 14.8. The van der Waals surface area contributed by atoms with Crippen LogP contribution in [0.15, 0.2) is 81.5 Å². The predicted octanol–water partition coefficient (Wildman–Crippen LogP) is 4.96. The first-order valence-corrected chi connectivity index (χ1v) is 14.6. The molecule has 0 spiro atoms. The van der Waals surface area contributed by atoms with Crippen molar-refractivity contribution in [2.45, 2.75) is 26.5 Å². The standard InChI is InChI=1S/C30H27BrFN5O7S/c1-3-42-29(39)26-17(2)34-30(45)35-27(26)20-9-5-7-11-24(20)43-16-25(38)36-33-14-18-12-21(31)28(23(13-18)37(40)41)44-15-19-8-4-6-10-22(19)32/h4-14,27H,3,15-16H2,1-2H3,(H,36,38)(H2,34,35,45)/t27-/m1/s1. The number of hydrogen-bond acceptors (Lipinski definition) is 9. The van der Waals surface area contributed by atoms with Gasteiger partial charge in [0, 0.05) is 28.5 Å². The number of hydrazone groups is 1. The van der Waals surface area contributed by atoms with Gasteiger partial charge in [-0.3, -0.25) is 14.9 Å². The Balaban J connectivity index is 1.42. The molecule has 0 saturated heterocycles. The molecule has 0 radical (unpaired) electrons. The number of halogens is 2. The van der Waals surface area contributed by atoms with Crippen molar-refractivity contribution in [3.63, 3.8) is 0 Å². The van der Waals surface area contributed by atoms with E-state index in [1.807, 2.05) is 0 Å². The zero-order chi connectivity index (χ0) is 32.5. The average molecular weight is 701 g/mol. The van der Waals surface area contributed by atoms with Gasteiger partial charge in [-0.25, -0.2) is 14.6 Å². The normalized spacial score (nSPS) is 14.4. The average Bonchev–Trinajstić information content (AvgIpc) is 2.99. The lowest BCUT2D eigenvalue weighted by molar-refractivity contribution is -0.386. The number of nitro groups is 1. The number of amides is 1. The highest BCUT2D eigenvalue weighted by molar-refractivity contribution is 9.10. The van der Waals surface area contributed by atoms with Gasteiger partial charge in [0.2, 0.25) is 5.75 Å². The largest absolute Gasteiger partial charge is 0.483 e. The molecule has 1 aliphatic heterocycles. The third kappa shape index (κ3) is 8.39. The molecule has 0 fully saturated rings. The lowest BCUT2D eigenvalue weighted by atomic mass is 9.95. The molecule has 45 heavy (non-hydrogen) atoms. The smallest absolute Gasteiger partial charge is 0.338 e. The molecule has 3 N–H and O–H groups in total. The van der Waals surface area contributed by atoms with Crippen LogP contribution in [0.25, 0.3) is 0 Å². The Morgan fingerprint density at radius 3 is 2.64 bits per heavy atom. The molecular formula is C30H27BrFN5O7S. The summed E-state index contributed by atoms with van der Waals surface area (Å²) in [5.74, 6) is -1.41. The summed E-state index contributed by atoms with van der Waals surface area (Å²) in [7, 11) is 0. The minimum atomic E-state index is -0.692. The highest BCUT2D eigenvalue weighted by Gasteiger charge is 2.32. The third-order valence-corrected chi connectivity index (χ3v) is 7.14. The van der Waals surface area contributed by atoms with Gasteiger partial charge in [0.05, 0.1) is 33.8 Å². The number of carbonyl (C=O) groups excluding carboxylic acids is 2. The molecule has 1 aliphatic rings. The van der Waals surface area contributed by atoms with Crippen molar-refractivity contribution < 1.29 is 33.1 Å². The van der Waals surface area contributed by atoms with Crippen molar-refractivity contribution in [2.24, 2.45) is 5.10 Å². The Labute approximate surface area is 270 Å². The van der Waals surface area contributed by atoms with Crippen LogP contribution in [-0.4, -0.2) is 41.3 Å². The van der Waals surface area contributed by atoms with Crippen molar-refractivity contribution >= 4 is 57.0 Å². The number of carbonyl (C=O) groups is 2. The van der Waals surface area contributed by atoms with Crippen molar-refractivity contribution in [1.82, 2.24) is 16.1 Å². The minimum Gasteiger partial charge on any atom is -0.483 e. The first-order valence-electron chi connectivity index (χ1n) is 13.4. The van der Waals surface area contributed by atoms with Crippen LogP contribution in [0.2, 0.25) is 0 Å². The van der Waals surface area contributed by atoms with Crippen LogP contribution in [0.1, 0.15) is 36.6 Å². The Morgan fingerprint density at radius 1 is 1.18 bits per heavy atom. The van der Waals surface area contributed by atoms with Gasteiger partial charge in [0.25, 0.3) is 5.91 Å². The van der Waals surface area contributed by atoms with E-state index in [-0.39, 0.29) is 40.3 Å². The van der Waals surface area contributed by atoms with E-state index < -0.39 is 35.3 Å². The number of allylic oxidation sites excluding steroid dienone is 1. The molecule has 0 saturated carbocycles. The van der Waals surface area contributed by atoms with Gasteiger partial charge in [-0.1, -0.05) is 36.4 Å². The first kappa shape index (κ1) is 33.0. The topological polar surface area (TPSA) is 153 Å². The van der Waals surface area contributed by atoms with E-state index in [1.165, 1.54) is 36.5 Å². The minimum absolute atomic E-state index is 0.0864. The summed E-state index contributed by atoms with van der Waals surface area (Å²) in [5.41, 5.74) is 3.84. The zero-order valence-corrected chi connectivity index (χ0v) is 26.4. The number of para-hydroxylation sites is 1. The summed E-state index contributed by atoms with van der Waals surface area (Å²) in [6.45, 7) is 2.94. The highest BCUT2D eigenvalue weighted by atomic mass is 79.9. The maximum atomic E-state index is 14.0. The van der Waals surface area contributed by atoms with E-state index in [9.17, 15) is 24.1 Å². The van der Waals surface area contributed by atoms with E-state index in [1.54, 1.807) is 44.2 Å². The van der Waals surface area contributed by atoms with Crippen LogP contribution < -0.4 is 25.5 Å². The van der Waals surface area contributed by atoms with Crippen LogP contribution >= 0.6 is 28.1 Å². The van der Waals surface area contributed by atoms with Crippen molar-refractivity contribution in [3.05, 3.63) is 109 Å². The molecule has 1 amide bonds. The van der Waals surface area contributed by atoms with E-state index in [0.29, 0.717) is 27.7 Å². The molecule has 3 aromatic rings. The number of ether oxygens (including phenoxy) is 3. The Kier molecular flexibility index (Phi) is 11.2. The quantitative estimate of drug-likeness (QED) is 0.0777. The van der Waals surface area contributed by atoms with E-state index >= 15 is 0 Å².